The molecule has 3 N–H and O–H groups in total. The van der Waals surface area contributed by atoms with E-state index < -0.39 is 5.91 Å². The van der Waals surface area contributed by atoms with Gasteiger partial charge in [-0.05, 0) is 42.2 Å². The molecular weight excluding hydrogens is 304 g/mol. The van der Waals surface area contributed by atoms with Crippen LogP contribution in [0.5, 0.6) is 5.75 Å². The van der Waals surface area contributed by atoms with Gasteiger partial charge >= 0.3 is 0 Å². The number of carbonyl (C=O) groups is 2. The average Bonchev–Trinajstić information content (AvgIpc) is 2.60. The summed E-state index contributed by atoms with van der Waals surface area (Å²) >= 11 is 0. The number of nitrogens with one attached hydrogen (secondary N) is 1. The molecule has 1 atom stereocenters. The SMILES string of the molecule is CC[C@@H](C)c1ccc(OCC(=O)Nc2ccccc2C(N)=O)cc1. The second kappa shape index (κ2) is 8.15. The Kier molecular flexibility index (Phi) is 5.95. The Morgan fingerprint density at radius 2 is 1.79 bits per heavy atom. The van der Waals surface area contributed by atoms with Crippen molar-refractivity contribution in [2.45, 2.75) is 26.2 Å². The molecule has 5 nitrogen and oxygen atoms in total. The number of amides is 2. The van der Waals surface area contributed by atoms with Crippen LogP contribution in [0.2, 0.25) is 0 Å². The molecule has 0 heterocycles. The third-order valence-corrected chi connectivity index (χ3v) is 3.90. The molecule has 2 aromatic carbocycles. The first-order valence-electron chi connectivity index (χ1n) is 7.92. The van der Waals surface area contributed by atoms with E-state index in [-0.39, 0.29) is 18.1 Å². The third kappa shape index (κ3) is 4.59. The van der Waals surface area contributed by atoms with Gasteiger partial charge in [-0.15, -0.1) is 0 Å². The number of ether oxygens (including phenoxy) is 1. The van der Waals surface area contributed by atoms with Gasteiger partial charge in [0.1, 0.15) is 5.75 Å². The summed E-state index contributed by atoms with van der Waals surface area (Å²) in [6.45, 7) is 4.17. The number of hydrogen-bond donors (Lipinski definition) is 2. The summed E-state index contributed by atoms with van der Waals surface area (Å²) < 4.78 is 5.48. The van der Waals surface area contributed by atoms with E-state index in [0.29, 0.717) is 17.4 Å². The maximum atomic E-state index is 12.0. The highest BCUT2D eigenvalue weighted by atomic mass is 16.5. The van der Waals surface area contributed by atoms with Gasteiger partial charge in [-0.3, -0.25) is 9.59 Å². The highest BCUT2D eigenvalue weighted by Crippen LogP contribution is 2.21. The van der Waals surface area contributed by atoms with Gasteiger partial charge < -0.3 is 15.8 Å². The van der Waals surface area contributed by atoms with Gasteiger partial charge in [0.15, 0.2) is 6.61 Å². The molecule has 5 heteroatoms. The Balaban J connectivity index is 1.93. The van der Waals surface area contributed by atoms with Crippen LogP contribution in [-0.2, 0) is 4.79 Å². The molecular formula is C19H22N2O3. The largest absolute Gasteiger partial charge is 0.484 e. The Labute approximate surface area is 141 Å². The van der Waals surface area contributed by atoms with Crippen molar-refractivity contribution in [2.24, 2.45) is 5.73 Å². The van der Waals surface area contributed by atoms with Crippen LogP contribution >= 0.6 is 0 Å². The van der Waals surface area contributed by atoms with Gasteiger partial charge in [0.2, 0.25) is 0 Å². The fraction of sp³-hybridized carbons (Fsp3) is 0.263. The molecule has 2 amide bonds. The maximum Gasteiger partial charge on any atom is 0.262 e. The summed E-state index contributed by atoms with van der Waals surface area (Å²) in [4.78, 5) is 23.3. The van der Waals surface area contributed by atoms with Crippen molar-refractivity contribution in [2.75, 3.05) is 11.9 Å². The summed E-state index contributed by atoms with van der Waals surface area (Å²) in [6.07, 6.45) is 1.07. The van der Waals surface area contributed by atoms with E-state index in [4.69, 9.17) is 10.5 Å². The first-order chi connectivity index (χ1) is 11.5. The van der Waals surface area contributed by atoms with Crippen molar-refractivity contribution in [3.05, 3.63) is 59.7 Å². The monoisotopic (exact) mass is 326 g/mol. The molecule has 0 aliphatic heterocycles. The lowest BCUT2D eigenvalue weighted by Crippen LogP contribution is -2.22. The molecule has 0 saturated carbocycles. The van der Waals surface area contributed by atoms with Crippen molar-refractivity contribution >= 4 is 17.5 Å². The third-order valence-electron chi connectivity index (χ3n) is 3.90. The predicted molar refractivity (Wildman–Crippen MR) is 94.2 cm³/mol. The summed E-state index contributed by atoms with van der Waals surface area (Å²) in [5.74, 6) is 0.176. The van der Waals surface area contributed by atoms with Gasteiger partial charge in [0.05, 0.1) is 11.3 Å². The molecule has 0 fully saturated rings. The molecule has 0 aromatic heterocycles. The zero-order valence-corrected chi connectivity index (χ0v) is 13.9. The number of anilines is 1. The number of hydrogen-bond acceptors (Lipinski definition) is 3. The normalized spacial score (nSPS) is 11.6. The van der Waals surface area contributed by atoms with Gasteiger partial charge in [-0.2, -0.15) is 0 Å². The van der Waals surface area contributed by atoms with Crippen LogP contribution in [0.3, 0.4) is 0 Å². The zero-order valence-electron chi connectivity index (χ0n) is 13.9. The molecule has 0 radical (unpaired) electrons. The Bertz CT molecular complexity index is 711. The molecule has 0 unspecified atom stereocenters. The van der Waals surface area contributed by atoms with Crippen LogP contribution in [-0.4, -0.2) is 18.4 Å². The van der Waals surface area contributed by atoms with Crippen LogP contribution in [0.4, 0.5) is 5.69 Å². The number of para-hydroxylation sites is 1. The first-order valence-corrected chi connectivity index (χ1v) is 7.92. The molecule has 0 aliphatic carbocycles. The molecule has 0 aliphatic rings. The van der Waals surface area contributed by atoms with Crippen LogP contribution in [0.15, 0.2) is 48.5 Å². The van der Waals surface area contributed by atoms with E-state index in [0.717, 1.165) is 6.42 Å². The lowest BCUT2D eigenvalue weighted by Gasteiger charge is -2.11. The van der Waals surface area contributed by atoms with Crippen molar-refractivity contribution in [1.29, 1.82) is 0 Å². The van der Waals surface area contributed by atoms with E-state index >= 15 is 0 Å². The first kappa shape index (κ1) is 17.5. The fourth-order valence-corrected chi connectivity index (χ4v) is 2.27. The summed E-state index contributed by atoms with van der Waals surface area (Å²) in [5, 5.41) is 2.64. The van der Waals surface area contributed by atoms with Crippen molar-refractivity contribution in [1.82, 2.24) is 0 Å². The number of rotatable bonds is 7. The molecule has 0 bridgehead atoms. The van der Waals surface area contributed by atoms with Crippen LogP contribution in [0.1, 0.15) is 42.1 Å². The number of carbonyl (C=O) groups excluding carboxylic acids is 2. The predicted octanol–water partition coefficient (Wildman–Crippen LogP) is 3.32. The molecule has 0 saturated heterocycles. The standard InChI is InChI=1S/C19H22N2O3/c1-3-13(2)14-8-10-15(11-9-14)24-12-18(22)21-17-7-5-4-6-16(17)19(20)23/h4-11,13H,3,12H2,1-2H3,(H2,20,23)(H,21,22)/t13-/m1/s1. The van der Waals surface area contributed by atoms with Gasteiger partial charge in [-0.25, -0.2) is 0 Å². The van der Waals surface area contributed by atoms with E-state index in [1.165, 1.54) is 5.56 Å². The highest BCUT2D eigenvalue weighted by molar-refractivity contribution is 6.03. The van der Waals surface area contributed by atoms with E-state index in [1.54, 1.807) is 24.3 Å². The van der Waals surface area contributed by atoms with E-state index in [2.05, 4.69) is 19.2 Å². The maximum absolute atomic E-state index is 12.0. The molecule has 0 spiro atoms. The number of primary amides is 1. The average molecular weight is 326 g/mol. The molecule has 24 heavy (non-hydrogen) atoms. The minimum Gasteiger partial charge on any atom is -0.484 e. The Morgan fingerprint density at radius 3 is 2.42 bits per heavy atom. The van der Waals surface area contributed by atoms with Crippen LogP contribution in [0, 0.1) is 0 Å². The number of benzene rings is 2. The molecule has 2 aromatic rings. The summed E-state index contributed by atoms with van der Waals surface area (Å²) in [5.41, 5.74) is 7.17. The van der Waals surface area contributed by atoms with Gasteiger partial charge in [-0.1, -0.05) is 38.1 Å². The lowest BCUT2D eigenvalue weighted by molar-refractivity contribution is -0.118. The van der Waals surface area contributed by atoms with E-state index in [9.17, 15) is 9.59 Å². The lowest BCUT2D eigenvalue weighted by atomic mass is 9.99. The smallest absolute Gasteiger partial charge is 0.262 e. The van der Waals surface area contributed by atoms with E-state index in [1.807, 2.05) is 24.3 Å². The number of nitrogens with two attached hydrogens (primary N) is 1. The highest BCUT2D eigenvalue weighted by Gasteiger charge is 2.11. The van der Waals surface area contributed by atoms with Gasteiger partial charge in [0, 0.05) is 0 Å². The minimum atomic E-state index is -0.590. The van der Waals surface area contributed by atoms with Crippen LogP contribution in [0.25, 0.3) is 0 Å². The van der Waals surface area contributed by atoms with Crippen molar-refractivity contribution in [3.63, 3.8) is 0 Å². The fourth-order valence-electron chi connectivity index (χ4n) is 2.27. The second-order valence-corrected chi connectivity index (χ2v) is 5.63. The van der Waals surface area contributed by atoms with Crippen molar-refractivity contribution in [3.8, 4) is 5.75 Å². The topological polar surface area (TPSA) is 81.4 Å². The minimum absolute atomic E-state index is 0.143. The Morgan fingerprint density at radius 1 is 1.12 bits per heavy atom. The Hall–Kier alpha value is -2.82. The zero-order chi connectivity index (χ0) is 17.5. The summed E-state index contributed by atoms with van der Waals surface area (Å²) in [7, 11) is 0. The second-order valence-electron chi connectivity index (χ2n) is 5.63. The van der Waals surface area contributed by atoms with Crippen LogP contribution < -0.4 is 15.8 Å². The summed E-state index contributed by atoms with van der Waals surface area (Å²) in [6, 6.07) is 14.3. The molecule has 2 rings (SSSR count). The molecule has 126 valence electrons. The van der Waals surface area contributed by atoms with Gasteiger partial charge in [0.25, 0.3) is 11.8 Å². The quantitative estimate of drug-likeness (QED) is 0.819. The van der Waals surface area contributed by atoms with Crippen molar-refractivity contribution < 1.29 is 14.3 Å².